The molecule has 0 aliphatic heterocycles. The predicted octanol–water partition coefficient (Wildman–Crippen LogP) is 7.94. The van der Waals surface area contributed by atoms with Crippen molar-refractivity contribution in [2.24, 2.45) is 16.2 Å². The normalized spacial score (nSPS) is 14.9. The third kappa shape index (κ3) is 10.6. The smallest absolute Gasteiger partial charge is 0.312 e. The van der Waals surface area contributed by atoms with Gasteiger partial charge >= 0.3 is 5.97 Å². The molecule has 0 aliphatic rings. The first-order chi connectivity index (χ1) is 11.9. The van der Waals surface area contributed by atoms with Crippen molar-refractivity contribution in [3.05, 3.63) is 0 Å². The average molecular weight is 369 g/mol. The highest BCUT2D eigenvalue weighted by atomic mass is 16.5. The minimum absolute atomic E-state index is 0.0177. The van der Waals surface area contributed by atoms with E-state index in [1.54, 1.807) is 0 Å². The van der Waals surface area contributed by atoms with E-state index in [2.05, 4.69) is 55.4 Å². The zero-order valence-electron chi connectivity index (χ0n) is 19.3. The van der Waals surface area contributed by atoms with Gasteiger partial charge in [-0.15, -0.1) is 0 Å². The lowest BCUT2D eigenvalue weighted by molar-refractivity contribution is -0.164. The maximum atomic E-state index is 12.8. The average Bonchev–Trinajstić information content (AvgIpc) is 2.49. The molecular formula is C24H48O2. The molecule has 0 spiro atoms. The van der Waals surface area contributed by atoms with Crippen molar-refractivity contribution in [3.8, 4) is 0 Å². The Hall–Kier alpha value is -0.530. The van der Waals surface area contributed by atoms with Gasteiger partial charge < -0.3 is 4.74 Å². The van der Waals surface area contributed by atoms with Crippen LogP contribution in [0.15, 0.2) is 0 Å². The van der Waals surface area contributed by atoms with Crippen LogP contribution in [0.3, 0.4) is 0 Å². The van der Waals surface area contributed by atoms with Crippen molar-refractivity contribution >= 4 is 5.97 Å². The number of ether oxygens (including phenoxy) is 1. The third-order valence-corrected chi connectivity index (χ3v) is 5.72. The fourth-order valence-electron chi connectivity index (χ4n) is 3.62. The van der Waals surface area contributed by atoms with Crippen LogP contribution < -0.4 is 0 Å². The van der Waals surface area contributed by atoms with Crippen molar-refractivity contribution in [2.75, 3.05) is 6.61 Å². The Kier molecular flexibility index (Phi) is 11.8. The summed E-state index contributed by atoms with van der Waals surface area (Å²) in [6.07, 6.45) is 13.8. The Morgan fingerprint density at radius 3 is 1.50 bits per heavy atom. The highest BCUT2D eigenvalue weighted by molar-refractivity contribution is 5.77. The molecule has 26 heavy (non-hydrogen) atoms. The largest absolute Gasteiger partial charge is 0.465 e. The van der Waals surface area contributed by atoms with Crippen LogP contribution in [0.25, 0.3) is 0 Å². The third-order valence-electron chi connectivity index (χ3n) is 5.72. The Morgan fingerprint density at radius 1 is 0.692 bits per heavy atom. The molecule has 0 radical (unpaired) electrons. The molecule has 0 aromatic rings. The molecule has 2 heteroatoms. The zero-order chi connectivity index (χ0) is 20.3. The molecule has 0 aliphatic carbocycles. The molecule has 0 bridgehead atoms. The number of esters is 1. The lowest BCUT2D eigenvalue weighted by atomic mass is 9.61. The summed E-state index contributed by atoms with van der Waals surface area (Å²) in [7, 11) is 0. The van der Waals surface area contributed by atoms with Crippen molar-refractivity contribution in [3.63, 3.8) is 0 Å². The molecule has 0 saturated heterocycles. The van der Waals surface area contributed by atoms with Crippen LogP contribution in [-0.2, 0) is 9.53 Å². The summed E-state index contributed by atoms with van der Waals surface area (Å²) in [6.45, 7) is 18.0. The Bertz CT molecular complexity index is 373. The monoisotopic (exact) mass is 368 g/mol. The summed E-state index contributed by atoms with van der Waals surface area (Å²) >= 11 is 0. The van der Waals surface area contributed by atoms with Gasteiger partial charge in [0, 0.05) is 0 Å². The summed E-state index contributed by atoms with van der Waals surface area (Å²) in [6, 6.07) is 0. The molecule has 0 saturated carbocycles. The predicted molar refractivity (Wildman–Crippen MR) is 114 cm³/mol. The van der Waals surface area contributed by atoms with E-state index in [0.717, 1.165) is 12.8 Å². The zero-order valence-corrected chi connectivity index (χ0v) is 19.3. The maximum absolute atomic E-state index is 12.8. The van der Waals surface area contributed by atoms with Gasteiger partial charge in [-0.3, -0.25) is 4.79 Å². The van der Waals surface area contributed by atoms with Gasteiger partial charge in [0.05, 0.1) is 12.0 Å². The van der Waals surface area contributed by atoms with E-state index < -0.39 is 5.41 Å². The first-order valence-corrected chi connectivity index (χ1v) is 11.1. The van der Waals surface area contributed by atoms with Gasteiger partial charge in [0.1, 0.15) is 0 Å². The van der Waals surface area contributed by atoms with Crippen molar-refractivity contribution in [1.82, 2.24) is 0 Å². The van der Waals surface area contributed by atoms with E-state index in [1.165, 1.54) is 57.8 Å². The van der Waals surface area contributed by atoms with Gasteiger partial charge in [-0.05, 0) is 30.6 Å². The number of unbranched alkanes of at least 4 members (excludes halogenated alkanes) is 9. The van der Waals surface area contributed by atoms with Crippen LogP contribution in [0.1, 0.15) is 126 Å². The van der Waals surface area contributed by atoms with Crippen LogP contribution >= 0.6 is 0 Å². The molecule has 0 fully saturated rings. The van der Waals surface area contributed by atoms with Crippen LogP contribution in [0.2, 0.25) is 0 Å². The van der Waals surface area contributed by atoms with E-state index in [1.807, 2.05) is 0 Å². The fraction of sp³-hybridized carbons (Fsp3) is 0.958. The molecule has 0 aromatic heterocycles. The Labute approximate surface area is 164 Å². The number of hydrogen-bond donors (Lipinski definition) is 0. The molecule has 0 aromatic carbocycles. The lowest BCUT2D eigenvalue weighted by Crippen LogP contribution is -2.44. The molecule has 2 nitrogen and oxygen atoms in total. The maximum Gasteiger partial charge on any atom is 0.312 e. The Balaban J connectivity index is 4.04. The highest BCUT2D eigenvalue weighted by Crippen LogP contribution is 2.47. The number of rotatable bonds is 13. The number of hydrogen-bond acceptors (Lipinski definition) is 2. The van der Waals surface area contributed by atoms with Gasteiger partial charge in [0.2, 0.25) is 0 Å². The summed E-state index contributed by atoms with van der Waals surface area (Å²) in [5.74, 6) is -0.0177. The topological polar surface area (TPSA) is 26.3 Å². The molecule has 0 amide bonds. The van der Waals surface area contributed by atoms with E-state index >= 15 is 0 Å². The van der Waals surface area contributed by atoms with E-state index in [-0.39, 0.29) is 16.8 Å². The summed E-state index contributed by atoms with van der Waals surface area (Å²) in [5, 5.41) is 0. The number of carbonyl (C=O) groups is 1. The van der Waals surface area contributed by atoms with Crippen LogP contribution in [0, 0.1) is 16.2 Å². The second kappa shape index (κ2) is 12.0. The minimum atomic E-state index is -0.441. The highest BCUT2D eigenvalue weighted by Gasteiger charge is 2.47. The standard InChI is InChI=1S/C24H48O2/c1-9-10-11-12-13-14-15-16-17-18-19-26-21(25)24(8,23(5,6)7)20-22(2,3)4/h9-20H2,1-8H3. The molecule has 156 valence electrons. The summed E-state index contributed by atoms with van der Waals surface area (Å²) in [5.41, 5.74) is -0.433. The molecule has 0 N–H and O–H groups in total. The van der Waals surface area contributed by atoms with Crippen molar-refractivity contribution in [2.45, 2.75) is 126 Å². The van der Waals surface area contributed by atoms with Gasteiger partial charge in [-0.2, -0.15) is 0 Å². The summed E-state index contributed by atoms with van der Waals surface area (Å²) < 4.78 is 5.71. The van der Waals surface area contributed by atoms with Crippen LogP contribution in [0.5, 0.6) is 0 Å². The molecule has 0 rings (SSSR count). The second-order valence-corrected chi connectivity index (χ2v) is 10.6. The van der Waals surface area contributed by atoms with E-state index in [9.17, 15) is 4.79 Å². The van der Waals surface area contributed by atoms with Gasteiger partial charge in [-0.1, -0.05) is 106 Å². The lowest BCUT2D eigenvalue weighted by Gasteiger charge is -2.43. The van der Waals surface area contributed by atoms with Gasteiger partial charge in [0.25, 0.3) is 0 Å². The molecular weight excluding hydrogens is 320 g/mol. The first-order valence-electron chi connectivity index (χ1n) is 11.1. The van der Waals surface area contributed by atoms with E-state index in [0.29, 0.717) is 6.61 Å². The molecule has 1 atom stereocenters. The van der Waals surface area contributed by atoms with Crippen LogP contribution in [-0.4, -0.2) is 12.6 Å². The second-order valence-electron chi connectivity index (χ2n) is 10.6. The quantitative estimate of drug-likeness (QED) is 0.243. The van der Waals surface area contributed by atoms with Crippen molar-refractivity contribution < 1.29 is 9.53 Å². The molecule has 1 unspecified atom stereocenters. The SMILES string of the molecule is CCCCCCCCCCCCOC(=O)C(C)(CC(C)(C)C)C(C)(C)C. The van der Waals surface area contributed by atoms with Crippen molar-refractivity contribution in [1.29, 1.82) is 0 Å². The first kappa shape index (κ1) is 25.5. The minimum Gasteiger partial charge on any atom is -0.465 e. The van der Waals surface area contributed by atoms with Gasteiger partial charge in [0.15, 0.2) is 0 Å². The summed E-state index contributed by atoms with van der Waals surface area (Å²) in [4.78, 5) is 12.8. The fourth-order valence-corrected chi connectivity index (χ4v) is 3.62. The van der Waals surface area contributed by atoms with E-state index in [4.69, 9.17) is 4.74 Å². The Morgan fingerprint density at radius 2 is 1.12 bits per heavy atom. The number of carbonyl (C=O) groups excluding carboxylic acids is 1. The van der Waals surface area contributed by atoms with Gasteiger partial charge in [-0.25, -0.2) is 0 Å². The molecule has 0 heterocycles. The van der Waals surface area contributed by atoms with Crippen LogP contribution in [0.4, 0.5) is 0 Å².